The van der Waals surface area contributed by atoms with Crippen molar-refractivity contribution in [2.24, 2.45) is 0 Å². The van der Waals surface area contributed by atoms with Gasteiger partial charge < -0.3 is 9.84 Å². The van der Waals surface area contributed by atoms with Crippen LogP contribution in [0.4, 0.5) is 5.13 Å². The first-order chi connectivity index (χ1) is 16.8. The van der Waals surface area contributed by atoms with Gasteiger partial charge in [0.15, 0.2) is 10.9 Å². The van der Waals surface area contributed by atoms with Crippen LogP contribution in [0.2, 0.25) is 5.02 Å². The van der Waals surface area contributed by atoms with Crippen LogP contribution in [-0.4, -0.2) is 33.4 Å². The van der Waals surface area contributed by atoms with E-state index in [1.165, 1.54) is 27.6 Å². The lowest BCUT2D eigenvalue weighted by Gasteiger charge is -2.24. The average Bonchev–Trinajstić information content (AvgIpc) is 3.47. The fourth-order valence-electron chi connectivity index (χ4n) is 4.14. The minimum absolute atomic E-state index is 0.00677. The van der Waals surface area contributed by atoms with E-state index in [1.807, 2.05) is 13.8 Å². The fraction of sp³-hybridized carbons (Fsp3) is 0.200. The van der Waals surface area contributed by atoms with Crippen molar-refractivity contribution in [3.8, 4) is 5.75 Å². The van der Waals surface area contributed by atoms with Crippen LogP contribution in [0.1, 0.15) is 38.9 Å². The van der Waals surface area contributed by atoms with E-state index in [0.29, 0.717) is 44.2 Å². The molecule has 0 spiro atoms. The van der Waals surface area contributed by atoms with Crippen LogP contribution in [0, 0.1) is 13.8 Å². The number of aromatic nitrogens is 2. The minimum Gasteiger partial charge on any atom is -0.503 e. The predicted molar refractivity (Wildman–Crippen MR) is 138 cm³/mol. The van der Waals surface area contributed by atoms with E-state index in [4.69, 9.17) is 16.3 Å². The van der Waals surface area contributed by atoms with Gasteiger partial charge in [0.05, 0.1) is 44.0 Å². The van der Waals surface area contributed by atoms with Gasteiger partial charge in [-0.1, -0.05) is 35.1 Å². The molecule has 178 valence electrons. The summed E-state index contributed by atoms with van der Waals surface area (Å²) in [6, 6.07) is 11.5. The van der Waals surface area contributed by atoms with Gasteiger partial charge in [0.25, 0.3) is 5.91 Å². The number of Topliss-reactive ketones (excluding diaryl/α,β-unsaturated/α-hetero) is 1. The van der Waals surface area contributed by atoms with Crippen LogP contribution in [0.3, 0.4) is 0 Å². The highest BCUT2D eigenvalue weighted by molar-refractivity contribution is 7.22. The molecule has 5 rings (SSSR count). The maximum Gasteiger partial charge on any atom is 0.296 e. The number of thiazole rings is 2. The number of fused-ring (bicyclic) bond motifs is 1. The second-order valence-corrected chi connectivity index (χ2v) is 10.6. The fourth-order valence-corrected chi connectivity index (χ4v) is 6.29. The van der Waals surface area contributed by atoms with Gasteiger partial charge in [0.1, 0.15) is 5.75 Å². The van der Waals surface area contributed by atoms with Crippen molar-refractivity contribution in [3.05, 3.63) is 80.0 Å². The van der Waals surface area contributed by atoms with Crippen molar-refractivity contribution in [2.75, 3.05) is 11.5 Å². The third-order valence-corrected chi connectivity index (χ3v) is 7.92. The Balaban J connectivity index is 1.69. The molecule has 10 heteroatoms. The summed E-state index contributed by atoms with van der Waals surface area (Å²) in [5, 5.41) is 12.6. The van der Waals surface area contributed by atoms with Crippen LogP contribution in [0.5, 0.6) is 5.75 Å². The molecule has 2 aromatic heterocycles. The van der Waals surface area contributed by atoms with Crippen LogP contribution < -0.4 is 9.64 Å². The Morgan fingerprint density at radius 3 is 2.69 bits per heavy atom. The summed E-state index contributed by atoms with van der Waals surface area (Å²) >= 11 is 8.65. The number of aliphatic hydroxyl groups excluding tert-OH is 1. The molecule has 0 aliphatic carbocycles. The summed E-state index contributed by atoms with van der Waals surface area (Å²) in [6.07, 6.45) is 0. The Kier molecular flexibility index (Phi) is 6.08. The van der Waals surface area contributed by atoms with E-state index in [2.05, 4.69) is 9.97 Å². The molecule has 0 saturated heterocycles. The summed E-state index contributed by atoms with van der Waals surface area (Å²) in [7, 11) is 0. The molecule has 3 heterocycles. The van der Waals surface area contributed by atoms with Crippen molar-refractivity contribution in [3.63, 3.8) is 0 Å². The van der Waals surface area contributed by atoms with E-state index in [0.717, 1.165) is 9.71 Å². The van der Waals surface area contributed by atoms with Crippen LogP contribution in [-0.2, 0) is 4.79 Å². The SMILES string of the molecule is CCOc1cccc(C2C(C(=O)c3sc(C)nc3C)=C(O)C(=O)N2c2nc3ccc(Cl)cc3s2)c1. The standard InChI is InChI=1S/C25H20ClN3O4S2/c1-4-33-16-7-5-6-14(10-16)20-19(21(30)23-12(2)27-13(3)34-23)22(31)24(32)29(20)25-28-17-9-8-15(26)11-18(17)35-25/h5-11,20,31H,4H2,1-3H3. The maximum atomic E-state index is 13.7. The summed E-state index contributed by atoms with van der Waals surface area (Å²) < 4.78 is 6.45. The molecule has 1 N–H and O–H groups in total. The summed E-state index contributed by atoms with van der Waals surface area (Å²) in [5.74, 6) is -1.12. The number of aliphatic hydroxyl groups is 1. The molecule has 1 amide bonds. The molecular weight excluding hydrogens is 506 g/mol. The van der Waals surface area contributed by atoms with E-state index in [-0.39, 0.29) is 5.57 Å². The molecule has 0 fully saturated rings. The number of ether oxygens (including phenoxy) is 1. The second kappa shape index (κ2) is 9.07. The highest BCUT2D eigenvalue weighted by Gasteiger charge is 2.46. The lowest BCUT2D eigenvalue weighted by molar-refractivity contribution is -0.117. The highest BCUT2D eigenvalue weighted by atomic mass is 35.5. The number of amides is 1. The monoisotopic (exact) mass is 525 g/mol. The molecule has 1 unspecified atom stereocenters. The molecule has 0 radical (unpaired) electrons. The average molecular weight is 526 g/mol. The van der Waals surface area contributed by atoms with Crippen LogP contribution >= 0.6 is 34.3 Å². The first-order valence-electron chi connectivity index (χ1n) is 10.8. The second-order valence-electron chi connectivity index (χ2n) is 7.93. The van der Waals surface area contributed by atoms with Gasteiger partial charge in [-0.25, -0.2) is 9.97 Å². The van der Waals surface area contributed by atoms with E-state index in [1.54, 1.807) is 49.4 Å². The van der Waals surface area contributed by atoms with Crippen molar-refractivity contribution in [1.82, 2.24) is 9.97 Å². The lowest BCUT2D eigenvalue weighted by Crippen LogP contribution is -2.31. The van der Waals surface area contributed by atoms with Gasteiger partial charge in [-0.2, -0.15) is 0 Å². The molecule has 0 saturated carbocycles. The number of ketones is 1. The quantitative estimate of drug-likeness (QED) is 0.301. The normalized spacial score (nSPS) is 15.9. The summed E-state index contributed by atoms with van der Waals surface area (Å²) in [6.45, 7) is 5.89. The smallest absolute Gasteiger partial charge is 0.296 e. The third-order valence-electron chi connectivity index (χ3n) is 5.59. The number of rotatable bonds is 6. The molecule has 1 atom stereocenters. The predicted octanol–water partition coefficient (Wildman–Crippen LogP) is 6.20. The van der Waals surface area contributed by atoms with E-state index < -0.39 is 23.5 Å². The topological polar surface area (TPSA) is 92.6 Å². The Labute approximate surface area is 214 Å². The van der Waals surface area contributed by atoms with Crippen LogP contribution in [0.15, 0.2) is 53.8 Å². The molecule has 35 heavy (non-hydrogen) atoms. The maximum absolute atomic E-state index is 13.7. The van der Waals surface area contributed by atoms with E-state index >= 15 is 0 Å². The number of benzene rings is 2. The van der Waals surface area contributed by atoms with Gasteiger partial charge in [-0.3, -0.25) is 14.5 Å². The molecular formula is C25H20ClN3O4S2. The minimum atomic E-state index is -0.895. The number of halogens is 1. The number of aryl methyl sites for hydroxylation is 2. The molecule has 1 aliphatic rings. The number of carbonyl (C=O) groups is 2. The third kappa shape index (κ3) is 4.09. The Morgan fingerprint density at radius 1 is 1.17 bits per heavy atom. The first-order valence-corrected chi connectivity index (χ1v) is 12.8. The zero-order valence-electron chi connectivity index (χ0n) is 19.0. The zero-order chi connectivity index (χ0) is 24.9. The molecule has 4 aromatic rings. The molecule has 2 aromatic carbocycles. The van der Waals surface area contributed by atoms with Crippen molar-refractivity contribution in [2.45, 2.75) is 26.8 Å². The largest absolute Gasteiger partial charge is 0.503 e. The molecule has 1 aliphatic heterocycles. The number of hydrogen-bond donors (Lipinski definition) is 1. The lowest BCUT2D eigenvalue weighted by atomic mass is 9.95. The van der Waals surface area contributed by atoms with Gasteiger partial charge in [0.2, 0.25) is 5.78 Å². The Hall–Kier alpha value is -3.27. The van der Waals surface area contributed by atoms with Crippen molar-refractivity contribution >= 4 is 61.3 Å². The van der Waals surface area contributed by atoms with E-state index in [9.17, 15) is 14.7 Å². The Morgan fingerprint density at radius 2 is 1.97 bits per heavy atom. The number of carbonyl (C=O) groups excluding carboxylic acids is 2. The number of nitrogens with zero attached hydrogens (tertiary/aromatic N) is 3. The molecule has 7 nitrogen and oxygen atoms in total. The zero-order valence-corrected chi connectivity index (χ0v) is 21.4. The van der Waals surface area contributed by atoms with Gasteiger partial charge in [-0.05, 0) is 56.7 Å². The van der Waals surface area contributed by atoms with Crippen molar-refractivity contribution in [1.29, 1.82) is 0 Å². The van der Waals surface area contributed by atoms with Gasteiger partial charge in [0, 0.05) is 5.02 Å². The Bertz CT molecular complexity index is 1520. The number of anilines is 1. The number of hydrogen-bond acceptors (Lipinski definition) is 8. The first kappa shape index (κ1) is 23.5. The summed E-state index contributed by atoms with van der Waals surface area (Å²) in [4.78, 5) is 37.9. The van der Waals surface area contributed by atoms with Crippen molar-refractivity contribution < 1.29 is 19.4 Å². The highest BCUT2D eigenvalue weighted by Crippen LogP contribution is 2.45. The summed E-state index contributed by atoms with van der Waals surface area (Å²) in [5.41, 5.74) is 1.83. The van der Waals surface area contributed by atoms with Gasteiger partial charge >= 0.3 is 0 Å². The van der Waals surface area contributed by atoms with Crippen LogP contribution in [0.25, 0.3) is 10.2 Å². The van der Waals surface area contributed by atoms with Gasteiger partial charge in [-0.15, -0.1) is 11.3 Å². The molecule has 0 bridgehead atoms.